The highest BCUT2D eigenvalue weighted by atomic mass is 16.5. The van der Waals surface area contributed by atoms with E-state index in [0.29, 0.717) is 110 Å². The van der Waals surface area contributed by atoms with Crippen LogP contribution in [0.4, 0.5) is 0 Å². The normalized spacial score (nSPS) is 14.7. The summed E-state index contributed by atoms with van der Waals surface area (Å²) < 4.78 is 19.5. The van der Waals surface area contributed by atoms with Gasteiger partial charge in [-0.25, -0.2) is 14.5 Å². The van der Waals surface area contributed by atoms with E-state index in [1.165, 1.54) is 96.3 Å². The Morgan fingerprint density at radius 1 is 0.318 bits per heavy atom. The summed E-state index contributed by atoms with van der Waals surface area (Å²) in [5, 5.41) is 22.2. The van der Waals surface area contributed by atoms with Gasteiger partial charge in [0.1, 0.15) is 17.2 Å². The fraction of sp³-hybridized carbons (Fsp3) is 0.416. The number of unbranched alkanes of at least 4 members (excludes halogenated alkanes) is 21. The van der Waals surface area contributed by atoms with Crippen molar-refractivity contribution in [3.63, 3.8) is 0 Å². The van der Waals surface area contributed by atoms with Crippen molar-refractivity contribution in [2.75, 3.05) is 19.8 Å². The number of ether oxygens (including phenoxy) is 3. The van der Waals surface area contributed by atoms with Crippen LogP contribution in [0, 0.1) is 56.2 Å². The molecule has 0 amide bonds. The van der Waals surface area contributed by atoms with Crippen LogP contribution in [0.1, 0.15) is 242 Å². The van der Waals surface area contributed by atoms with Crippen LogP contribution in [0.5, 0.6) is 17.2 Å². The quantitative estimate of drug-likeness (QED) is 0.0338. The monoisotopic (exact) mass is 1130 g/mol. The average Bonchev–Trinajstić information content (AvgIpc) is 3.67. The molecular weight excluding hydrogens is 1040 g/mol. The summed E-state index contributed by atoms with van der Waals surface area (Å²) in [5.41, 5.74) is 10.6. The second-order valence-electron chi connectivity index (χ2n) is 22.9. The molecule has 85 heavy (non-hydrogen) atoms. The van der Waals surface area contributed by atoms with Gasteiger partial charge in [-0.05, 0) is 168 Å². The molecule has 0 N–H and O–H groups in total. The van der Waals surface area contributed by atoms with Gasteiger partial charge in [0.15, 0.2) is 17.1 Å². The van der Waals surface area contributed by atoms with Crippen LogP contribution in [0.3, 0.4) is 0 Å². The molecule has 10 bridgehead atoms. The molecule has 0 heterocycles. The Hall–Kier alpha value is -8.35. The van der Waals surface area contributed by atoms with Crippen LogP contribution in [-0.2, 0) is 0 Å². The van der Waals surface area contributed by atoms with Crippen LogP contribution in [0.25, 0.3) is 73.2 Å². The summed E-state index contributed by atoms with van der Waals surface area (Å²) in [4.78, 5) is 12.2. The molecule has 0 unspecified atom stereocenters. The number of benzene rings is 5. The number of hydrogen-bond acceptors (Lipinski definition) is 5. The predicted octanol–water partition coefficient (Wildman–Crippen LogP) is 22.6. The lowest BCUT2D eigenvalue weighted by atomic mass is 9.96. The number of nitriles is 2. The van der Waals surface area contributed by atoms with Gasteiger partial charge < -0.3 is 14.2 Å². The first-order chi connectivity index (χ1) is 41.6. The van der Waals surface area contributed by atoms with Gasteiger partial charge in [0, 0.05) is 0 Å². The molecule has 440 valence electrons. The molecule has 8 heteroatoms. The highest BCUT2D eigenvalue weighted by Gasteiger charge is 2.16. The molecular formula is C77H89N5O3. The Morgan fingerprint density at radius 2 is 0.576 bits per heavy atom. The van der Waals surface area contributed by atoms with Crippen molar-refractivity contribution in [1.29, 1.82) is 10.5 Å². The number of fused-ring (bicyclic) bond motifs is 10. The van der Waals surface area contributed by atoms with Crippen molar-refractivity contribution in [2.24, 2.45) is 0 Å². The van der Waals surface area contributed by atoms with Crippen molar-refractivity contribution in [1.82, 2.24) is 0 Å². The van der Waals surface area contributed by atoms with E-state index >= 15 is 0 Å². The van der Waals surface area contributed by atoms with E-state index in [1.54, 1.807) is 0 Å². The van der Waals surface area contributed by atoms with Gasteiger partial charge in [-0.1, -0.05) is 209 Å². The van der Waals surface area contributed by atoms with Gasteiger partial charge >= 0.3 is 0 Å². The summed E-state index contributed by atoms with van der Waals surface area (Å²) in [6, 6.07) is 34.1. The third kappa shape index (κ3) is 22.6. The lowest BCUT2D eigenvalue weighted by Gasteiger charge is -2.13. The zero-order valence-corrected chi connectivity index (χ0v) is 51.6. The minimum absolute atomic E-state index is 0.367. The molecule has 6 rings (SSSR count). The van der Waals surface area contributed by atoms with E-state index in [-0.39, 0.29) is 0 Å². The molecule has 0 spiro atoms. The molecule has 1 aliphatic carbocycles. The predicted molar refractivity (Wildman–Crippen MR) is 356 cm³/mol. The first-order valence-electron chi connectivity index (χ1n) is 31.7. The van der Waals surface area contributed by atoms with Gasteiger partial charge in [-0.15, -0.1) is 0 Å². The molecule has 5 aromatic rings. The van der Waals surface area contributed by atoms with Crippen molar-refractivity contribution in [3.05, 3.63) is 192 Å². The smallest absolute Gasteiger partial charge is 0.195 e. The standard InChI is InChI=1S/C77H89N5O3/c1-9-12-15-18-21-24-27-30-33-83-72-47-62-40-65(53-72)71(57-79)46-63-44-69(55-74(48-63)85-35-32-29-26-23-20-17-14-11-3)77(82-8)51-61-37-59(5)38-67(43-61)75(80-6)50-60-36-58(4)39-68(42-60)76(81-7)52-64-41-66(70(45-62)56-78)54-73(49-64)84-34-31-28-25-22-19-16-13-10-2/h36-55H,9-35H2,1-5H3/b70-45+,71-46?,75-50-,76-52-,77-51-. The van der Waals surface area contributed by atoms with E-state index < -0.39 is 0 Å². The molecule has 0 atom stereocenters. The van der Waals surface area contributed by atoms with Crippen molar-refractivity contribution >= 4 is 58.6 Å². The van der Waals surface area contributed by atoms with Gasteiger partial charge in [-0.2, -0.15) is 10.5 Å². The Morgan fingerprint density at radius 3 is 0.882 bits per heavy atom. The second kappa shape index (κ2) is 37.1. The molecule has 8 nitrogen and oxygen atoms in total. The molecule has 0 fully saturated rings. The maximum atomic E-state index is 11.1. The zero-order valence-electron chi connectivity index (χ0n) is 51.6. The number of aryl methyl sites for hydroxylation is 2. The SMILES string of the molecule is [C-]#[N+]/C1=C\c2cc(OCCCCCCCCCC)cc(c2)/C(C#N)=C/c2cc(OCCCCCCCCCC)cc(c2)C(C#N)=Cc2cc(OCCCCCCCCCC)cc(c2)/C([N+]#[C-])=C/c2cc(C)cc(c2)/C([N+]#[C-])=C/c2cc(C)cc1c2. The highest BCUT2D eigenvalue weighted by Crippen LogP contribution is 2.35. The topological polar surface area (TPSA) is 88.4 Å². The van der Waals surface area contributed by atoms with E-state index in [9.17, 15) is 10.5 Å². The molecule has 0 saturated heterocycles. The zero-order chi connectivity index (χ0) is 60.4. The summed E-state index contributed by atoms with van der Waals surface area (Å²) in [7, 11) is 0. The van der Waals surface area contributed by atoms with Gasteiger partial charge in [0.2, 0.25) is 0 Å². The molecule has 0 saturated carbocycles. The van der Waals surface area contributed by atoms with E-state index in [2.05, 4.69) is 47.4 Å². The van der Waals surface area contributed by atoms with Gasteiger partial charge in [-0.3, -0.25) is 0 Å². The molecule has 0 aliphatic heterocycles. The second-order valence-corrected chi connectivity index (χ2v) is 22.9. The summed E-state index contributed by atoms with van der Waals surface area (Å²) in [6.45, 7) is 37.7. The Kier molecular flexibility index (Phi) is 28.7. The Bertz CT molecular complexity index is 3350. The number of allylic oxidation sites excluding steroid dienone is 2. The van der Waals surface area contributed by atoms with Crippen molar-refractivity contribution < 1.29 is 14.2 Å². The largest absolute Gasteiger partial charge is 0.494 e. The lowest BCUT2D eigenvalue weighted by Crippen LogP contribution is -1.99. The van der Waals surface area contributed by atoms with Crippen molar-refractivity contribution in [3.8, 4) is 29.4 Å². The Labute approximate surface area is 510 Å². The fourth-order valence-corrected chi connectivity index (χ4v) is 10.9. The summed E-state index contributed by atoms with van der Waals surface area (Å²) >= 11 is 0. The third-order valence-corrected chi connectivity index (χ3v) is 15.4. The Balaban J connectivity index is 1.52. The van der Waals surface area contributed by atoms with E-state index in [0.717, 1.165) is 80.0 Å². The highest BCUT2D eigenvalue weighted by molar-refractivity contribution is 5.96. The van der Waals surface area contributed by atoms with Crippen LogP contribution in [0.2, 0.25) is 0 Å². The van der Waals surface area contributed by atoms with Crippen LogP contribution >= 0.6 is 0 Å². The molecule has 0 aromatic heterocycles. The van der Waals surface area contributed by atoms with Gasteiger partial charge in [0.25, 0.3) is 0 Å². The molecule has 0 radical (unpaired) electrons. The fourth-order valence-electron chi connectivity index (χ4n) is 10.9. The maximum absolute atomic E-state index is 11.1. The summed E-state index contributed by atoms with van der Waals surface area (Å²) in [6.07, 6.45) is 37.2. The molecule has 5 aromatic carbocycles. The minimum atomic E-state index is 0.367. The number of nitrogens with zero attached hydrogens (tertiary/aromatic N) is 5. The first kappa shape index (κ1) is 65.8. The van der Waals surface area contributed by atoms with E-state index in [1.807, 2.05) is 135 Å². The first-order valence-corrected chi connectivity index (χ1v) is 31.7. The number of hydrogen-bond donors (Lipinski definition) is 0. The summed E-state index contributed by atoms with van der Waals surface area (Å²) in [5.74, 6) is 1.78. The lowest BCUT2D eigenvalue weighted by molar-refractivity contribution is 0.304. The third-order valence-electron chi connectivity index (χ3n) is 15.4. The van der Waals surface area contributed by atoms with Gasteiger partial charge in [0.05, 0.1) is 62.8 Å². The molecule has 1 aliphatic rings. The van der Waals surface area contributed by atoms with Crippen LogP contribution < -0.4 is 14.2 Å². The maximum Gasteiger partial charge on any atom is 0.195 e. The van der Waals surface area contributed by atoms with Crippen LogP contribution in [-0.4, -0.2) is 19.8 Å². The van der Waals surface area contributed by atoms with Crippen molar-refractivity contribution in [2.45, 2.75) is 189 Å². The average molecular weight is 1130 g/mol. The van der Waals surface area contributed by atoms with Crippen LogP contribution in [0.15, 0.2) is 91.0 Å². The minimum Gasteiger partial charge on any atom is -0.494 e. The number of rotatable bonds is 30. The van der Waals surface area contributed by atoms with E-state index in [4.69, 9.17) is 33.9 Å².